The molecule has 1 unspecified atom stereocenters. The summed E-state index contributed by atoms with van der Waals surface area (Å²) in [7, 11) is -2.87. The SMILES string of the molecule is CC(C)(C)c1cn2nc(NC3CCS(=O)(=O)C3)sc2n1. The molecule has 6 nitrogen and oxygen atoms in total. The number of sulfone groups is 1. The van der Waals surface area contributed by atoms with E-state index in [-0.39, 0.29) is 23.0 Å². The molecule has 0 saturated carbocycles. The minimum absolute atomic E-state index is 0.000538. The van der Waals surface area contributed by atoms with Crippen LogP contribution in [-0.2, 0) is 15.3 Å². The number of nitrogens with zero attached hydrogens (tertiary/aromatic N) is 3. The van der Waals surface area contributed by atoms with Gasteiger partial charge in [-0.15, -0.1) is 5.10 Å². The first kappa shape index (κ1) is 13.8. The van der Waals surface area contributed by atoms with Gasteiger partial charge in [0.25, 0.3) is 0 Å². The Balaban J connectivity index is 1.79. The fourth-order valence-electron chi connectivity index (χ4n) is 2.20. The summed E-state index contributed by atoms with van der Waals surface area (Å²) in [4.78, 5) is 5.40. The molecule has 0 aliphatic carbocycles. The summed E-state index contributed by atoms with van der Waals surface area (Å²) in [5.41, 5.74) is 1.01. The molecule has 3 heterocycles. The molecular weight excluding hydrogens is 296 g/mol. The van der Waals surface area contributed by atoms with Gasteiger partial charge in [0.05, 0.1) is 23.4 Å². The normalized spacial score (nSPS) is 22.4. The molecule has 3 rings (SSSR count). The third kappa shape index (κ3) is 2.67. The van der Waals surface area contributed by atoms with E-state index < -0.39 is 9.84 Å². The van der Waals surface area contributed by atoms with Crippen LogP contribution < -0.4 is 5.32 Å². The number of fused-ring (bicyclic) bond motifs is 1. The highest BCUT2D eigenvalue weighted by atomic mass is 32.2. The van der Waals surface area contributed by atoms with Crippen molar-refractivity contribution in [3.05, 3.63) is 11.9 Å². The van der Waals surface area contributed by atoms with E-state index >= 15 is 0 Å². The van der Waals surface area contributed by atoms with Crippen molar-refractivity contribution < 1.29 is 8.42 Å². The van der Waals surface area contributed by atoms with Gasteiger partial charge < -0.3 is 5.32 Å². The number of rotatable bonds is 2. The van der Waals surface area contributed by atoms with E-state index in [4.69, 9.17) is 0 Å². The first-order valence-corrected chi connectivity index (χ1v) is 9.20. The van der Waals surface area contributed by atoms with Crippen molar-refractivity contribution in [1.82, 2.24) is 14.6 Å². The van der Waals surface area contributed by atoms with Crippen LogP contribution in [0.3, 0.4) is 0 Å². The minimum atomic E-state index is -2.87. The molecule has 1 N–H and O–H groups in total. The lowest BCUT2D eigenvalue weighted by Crippen LogP contribution is -2.20. The molecule has 8 heteroatoms. The van der Waals surface area contributed by atoms with Gasteiger partial charge in [0.15, 0.2) is 9.84 Å². The van der Waals surface area contributed by atoms with Crippen LogP contribution in [0.5, 0.6) is 0 Å². The Morgan fingerprint density at radius 1 is 1.45 bits per heavy atom. The van der Waals surface area contributed by atoms with Gasteiger partial charge in [-0.3, -0.25) is 0 Å². The monoisotopic (exact) mass is 314 g/mol. The Morgan fingerprint density at radius 3 is 2.75 bits per heavy atom. The van der Waals surface area contributed by atoms with Crippen LogP contribution in [-0.4, -0.2) is 40.6 Å². The van der Waals surface area contributed by atoms with E-state index in [1.165, 1.54) is 11.3 Å². The van der Waals surface area contributed by atoms with Gasteiger partial charge in [-0.05, 0) is 6.42 Å². The van der Waals surface area contributed by atoms with Crippen LogP contribution in [0.2, 0.25) is 0 Å². The van der Waals surface area contributed by atoms with Gasteiger partial charge in [-0.1, -0.05) is 32.1 Å². The molecule has 1 saturated heterocycles. The Kier molecular flexibility index (Phi) is 3.06. The van der Waals surface area contributed by atoms with Crippen molar-refractivity contribution in [2.24, 2.45) is 0 Å². The molecule has 1 fully saturated rings. The Labute approximate surface area is 122 Å². The molecule has 1 aliphatic rings. The molecule has 0 spiro atoms. The molecule has 2 aromatic rings. The second kappa shape index (κ2) is 4.42. The van der Waals surface area contributed by atoms with Crippen LogP contribution in [0.15, 0.2) is 6.20 Å². The number of hydrogen-bond acceptors (Lipinski definition) is 6. The highest BCUT2D eigenvalue weighted by Crippen LogP contribution is 2.27. The quantitative estimate of drug-likeness (QED) is 0.913. The fourth-order valence-corrected chi connectivity index (χ4v) is 4.74. The van der Waals surface area contributed by atoms with Gasteiger partial charge in [0.2, 0.25) is 10.1 Å². The maximum atomic E-state index is 11.4. The van der Waals surface area contributed by atoms with Crippen molar-refractivity contribution in [3.63, 3.8) is 0 Å². The molecule has 0 amide bonds. The Bertz CT molecular complexity index is 708. The predicted molar refractivity (Wildman–Crippen MR) is 80.2 cm³/mol. The minimum Gasteiger partial charge on any atom is -0.356 e. The molecule has 110 valence electrons. The van der Waals surface area contributed by atoms with Gasteiger partial charge in [-0.2, -0.15) is 0 Å². The van der Waals surface area contributed by atoms with Crippen molar-refractivity contribution in [2.45, 2.75) is 38.6 Å². The highest BCUT2D eigenvalue weighted by Gasteiger charge is 2.28. The molecular formula is C12H18N4O2S2. The van der Waals surface area contributed by atoms with Gasteiger partial charge in [0, 0.05) is 11.5 Å². The number of imidazole rings is 1. The summed E-state index contributed by atoms with van der Waals surface area (Å²) in [6.45, 7) is 6.34. The maximum Gasteiger partial charge on any atom is 0.214 e. The number of nitrogens with one attached hydrogen (secondary N) is 1. The summed E-state index contributed by atoms with van der Waals surface area (Å²) in [6.07, 6.45) is 2.58. The van der Waals surface area contributed by atoms with Crippen LogP contribution in [0.1, 0.15) is 32.9 Å². The van der Waals surface area contributed by atoms with E-state index in [2.05, 4.69) is 36.2 Å². The van der Waals surface area contributed by atoms with Crippen molar-refractivity contribution in [1.29, 1.82) is 0 Å². The fraction of sp³-hybridized carbons (Fsp3) is 0.667. The second-order valence-electron chi connectivity index (χ2n) is 6.25. The highest BCUT2D eigenvalue weighted by molar-refractivity contribution is 7.91. The first-order chi connectivity index (χ1) is 9.23. The molecule has 0 aromatic carbocycles. The summed E-state index contributed by atoms with van der Waals surface area (Å²) in [5.74, 6) is 0.462. The lowest BCUT2D eigenvalue weighted by Gasteiger charge is -2.13. The molecule has 1 aliphatic heterocycles. The smallest absolute Gasteiger partial charge is 0.214 e. The van der Waals surface area contributed by atoms with E-state index in [0.717, 1.165) is 15.8 Å². The molecule has 0 bridgehead atoms. The molecule has 2 aromatic heterocycles. The van der Waals surface area contributed by atoms with Crippen LogP contribution in [0.25, 0.3) is 4.96 Å². The average Bonchev–Trinajstić information content (AvgIpc) is 2.90. The first-order valence-electron chi connectivity index (χ1n) is 6.57. The van der Waals surface area contributed by atoms with Crippen molar-refractivity contribution in [2.75, 3.05) is 16.8 Å². The largest absolute Gasteiger partial charge is 0.356 e. The Hall–Kier alpha value is -1.15. The van der Waals surface area contributed by atoms with E-state index in [9.17, 15) is 8.42 Å². The standard InChI is InChI=1S/C12H18N4O2S2/c1-12(2,3)9-6-16-11(14-9)19-10(15-16)13-8-4-5-20(17,18)7-8/h6,8H,4-5,7H2,1-3H3,(H,13,15). The van der Waals surface area contributed by atoms with E-state index in [0.29, 0.717) is 6.42 Å². The zero-order valence-corrected chi connectivity index (χ0v) is 13.4. The maximum absolute atomic E-state index is 11.4. The summed E-state index contributed by atoms with van der Waals surface area (Å²) in [5, 5.41) is 8.35. The Morgan fingerprint density at radius 2 is 2.20 bits per heavy atom. The number of anilines is 1. The summed E-state index contributed by atoms with van der Waals surface area (Å²) >= 11 is 1.46. The van der Waals surface area contributed by atoms with Gasteiger partial charge in [0.1, 0.15) is 0 Å². The summed E-state index contributed by atoms with van der Waals surface area (Å²) in [6, 6.07) is -0.0297. The van der Waals surface area contributed by atoms with Gasteiger partial charge in [-0.25, -0.2) is 17.9 Å². The van der Waals surface area contributed by atoms with Crippen LogP contribution >= 0.6 is 11.3 Å². The average molecular weight is 314 g/mol. The molecule has 1 atom stereocenters. The van der Waals surface area contributed by atoms with Crippen molar-refractivity contribution in [3.8, 4) is 0 Å². The lowest BCUT2D eigenvalue weighted by atomic mass is 9.93. The van der Waals surface area contributed by atoms with E-state index in [1.807, 2.05) is 6.20 Å². The second-order valence-corrected chi connectivity index (χ2v) is 9.44. The zero-order valence-electron chi connectivity index (χ0n) is 11.8. The number of hydrogen-bond donors (Lipinski definition) is 1. The van der Waals surface area contributed by atoms with Crippen LogP contribution in [0.4, 0.5) is 5.13 Å². The van der Waals surface area contributed by atoms with Crippen LogP contribution in [0, 0.1) is 0 Å². The number of aromatic nitrogens is 3. The predicted octanol–water partition coefficient (Wildman–Crippen LogP) is 1.69. The van der Waals surface area contributed by atoms with E-state index in [1.54, 1.807) is 4.52 Å². The van der Waals surface area contributed by atoms with Gasteiger partial charge >= 0.3 is 0 Å². The molecule has 20 heavy (non-hydrogen) atoms. The third-order valence-electron chi connectivity index (χ3n) is 3.37. The third-order valence-corrected chi connectivity index (χ3v) is 5.99. The molecule has 0 radical (unpaired) electrons. The van der Waals surface area contributed by atoms with Crippen molar-refractivity contribution >= 4 is 31.3 Å². The zero-order chi connectivity index (χ0) is 14.5. The topological polar surface area (TPSA) is 76.4 Å². The lowest BCUT2D eigenvalue weighted by molar-refractivity contribution is 0.572. The summed E-state index contributed by atoms with van der Waals surface area (Å²) < 4.78 is 24.6.